The number of hydrogen-bond donors (Lipinski definition) is 0. The van der Waals surface area contributed by atoms with Crippen LogP contribution in [-0.4, -0.2) is 16.1 Å². The van der Waals surface area contributed by atoms with Crippen molar-refractivity contribution in [3.8, 4) is 11.5 Å². The van der Waals surface area contributed by atoms with Crippen LogP contribution in [0.4, 0.5) is 0 Å². The van der Waals surface area contributed by atoms with Crippen LogP contribution in [0.1, 0.15) is 22.3 Å². The summed E-state index contributed by atoms with van der Waals surface area (Å²) in [4.78, 5) is 11.1. The molecular formula is C17H16N2O2. The van der Waals surface area contributed by atoms with Crippen LogP contribution < -0.4 is 0 Å². The number of carbonyl (C=O) groups is 1. The average Bonchev–Trinajstić information content (AvgIpc) is 3.17. The van der Waals surface area contributed by atoms with E-state index >= 15 is 0 Å². The van der Waals surface area contributed by atoms with Crippen molar-refractivity contribution in [3.63, 3.8) is 0 Å². The van der Waals surface area contributed by atoms with Gasteiger partial charge in [0, 0.05) is 12.7 Å². The first kappa shape index (κ1) is 13.4. The molecule has 0 atom stereocenters. The van der Waals surface area contributed by atoms with Crippen LogP contribution in [0, 0.1) is 0 Å². The van der Waals surface area contributed by atoms with Gasteiger partial charge in [0.05, 0.1) is 11.8 Å². The number of furan rings is 1. The maximum Gasteiger partial charge on any atom is 0.154 e. The van der Waals surface area contributed by atoms with Gasteiger partial charge in [-0.2, -0.15) is 5.10 Å². The van der Waals surface area contributed by atoms with E-state index in [0.717, 1.165) is 25.7 Å². The Morgan fingerprint density at radius 2 is 2.00 bits per heavy atom. The van der Waals surface area contributed by atoms with Crippen LogP contribution in [0.25, 0.3) is 11.5 Å². The zero-order valence-electron chi connectivity index (χ0n) is 11.6. The molecule has 0 aliphatic heterocycles. The fraction of sp³-hybridized carbons (Fsp3) is 0.176. The minimum absolute atomic E-state index is 0.560. The lowest BCUT2D eigenvalue weighted by atomic mass is 10.1. The van der Waals surface area contributed by atoms with Crippen molar-refractivity contribution in [2.45, 2.75) is 19.4 Å². The van der Waals surface area contributed by atoms with Gasteiger partial charge in [-0.3, -0.25) is 9.48 Å². The molecule has 2 aromatic heterocycles. The first-order valence-electron chi connectivity index (χ1n) is 6.97. The Labute approximate surface area is 123 Å². The molecule has 4 nitrogen and oxygen atoms in total. The third kappa shape index (κ3) is 3.11. The highest BCUT2D eigenvalue weighted by Crippen LogP contribution is 2.21. The summed E-state index contributed by atoms with van der Waals surface area (Å²) in [5, 5.41) is 4.45. The van der Waals surface area contributed by atoms with E-state index in [0.29, 0.717) is 17.0 Å². The predicted molar refractivity (Wildman–Crippen MR) is 80.1 cm³/mol. The molecule has 2 heterocycles. The zero-order chi connectivity index (χ0) is 14.5. The number of hydrogen-bond acceptors (Lipinski definition) is 3. The van der Waals surface area contributed by atoms with E-state index in [1.807, 2.05) is 28.9 Å². The van der Waals surface area contributed by atoms with Crippen molar-refractivity contribution in [1.29, 1.82) is 0 Å². The molecule has 0 aliphatic rings. The Bertz CT molecular complexity index is 700. The topological polar surface area (TPSA) is 48.0 Å². The molecule has 0 unspecified atom stereocenters. The molecule has 0 aliphatic carbocycles. The quantitative estimate of drug-likeness (QED) is 0.648. The van der Waals surface area contributed by atoms with Gasteiger partial charge in [0.1, 0.15) is 5.69 Å². The Morgan fingerprint density at radius 3 is 2.71 bits per heavy atom. The maximum atomic E-state index is 11.1. The summed E-state index contributed by atoms with van der Waals surface area (Å²) >= 11 is 0. The third-order valence-corrected chi connectivity index (χ3v) is 3.37. The summed E-state index contributed by atoms with van der Waals surface area (Å²) in [6.07, 6.45) is 6.14. The van der Waals surface area contributed by atoms with Crippen molar-refractivity contribution in [2.24, 2.45) is 0 Å². The standard InChI is InChI=1S/C17H16N2O2/c20-13-15-12-19(18-17(15)16-9-5-11-21-16)10-4-8-14-6-2-1-3-7-14/h1-3,5-7,9,11-13H,4,8,10H2. The van der Waals surface area contributed by atoms with Gasteiger partial charge in [0.15, 0.2) is 12.0 Å². The molecule has 106 valence electrons. The molecule has 0 saturated heterocycles. The number of nitrogens with zero attached hydrogens (tertiary/aromatic N) is 2. The van der Waals surface area contributed by atoms with E-state index in [1.165, 1.54) is 5.56 Å². The maximum absolute atomic E-state index is 11.1. The molecule has 1 aromatic carbocycles. The molecule has 0 amide bonds. The number of aldehydes is 1. The average molecular weight is 280 g/mol. The number of aromatic nitrogens is 2. The minimum Gasteiger partial charge on any atom is -0.463 e. The van der Waals surface area contributed by atoms with E-state index in [9.17, 15) is 4.79 Å². The second kappa shape index (κ2) is 6.22. The smallest absolute Gasteiger partial charge is 0.154 e. The predicted octanol–water partition coefficient (Wildman–Crippen LogP) is 3.59. The number of rotatable bonds is 6. The van der Waals surface area contributed by atoms with E-state index < -0.39 is 0 Å². The number of carbonyl (C=O) groups excluding carboxylic acids is 1. The second-order valence-corrected chi connectivity index (χ2v) is 4.88. The van der Waals surface area contributed by atoms with Crippen LogP contribution in [0.5, 0.6) is 0 Å². The van der Waals surface area contributed by atoms with Crippen LogP contribution in [0.15, 0.2) is 59.3 Å². The highest BCUT2D eigenvalue weighted by Gasteiger charge is 2.12. The molecule has 0 spiro atoms. The second-order valence-electron chi connectivity index (χ2n) is 4.88. The summed E-state index contributed by atoms with van der Waals surface area (Å²) in [6, 6.07) is 13.9. The van der Waals surface area contributed by atoms with Gasteiger partial charge in [-0.25, -0.2) is 0 Å². The molecule has 3 aromatic rings. The summed E-state index contributed by atoms with van der Waals surface area (Å²) < 4.78 is 7.12. The van der Waals surface area contributed by atoms with Gasteiger partial charge in [-0.05, 0) is 30.5 Å². The normalized spacial score (nSPS) is 10.7. The van der Waals surface area contributed by atoms with E-state index in [2.05, 4.69) is 17.2 Å². The van der Waals surface area contributed by atoms with Crippen molar-refractivity contribution in [1.82, 2.24) is 9.78 Å². The van der Waals surface area contributed by atoms with Crippen LogP contribution in [-0.2, 0) is 13.0 Å². The Morgan fingerprint density at radius 1 is 1.14 bits per heavy atom. The van der Waals surface area contributed by atoms with Gasteiger partial charge in [-0.15, -0.1) is 0 Å². The summed E-state index contributed by atoms with van der Waals surface area (Å²) in [6.45, 7) is 0.774. The molecule has 0 saturated carbocycles. The third-order valence-electron chi connectivity index (χ3n) is 3.37. The minimum atomic E-state index is 0.560. The fourth-order valence-electron chi connectivity index (χ4n) is 2.33. The molecule has 21 heavy (non-hydrogen) atoms. The summed E-state index contributed by atoms with van der Waals surface area (Å²) in [5.74, 6) is 0.624. The van der Waals surface area contributed by atoms with Gasteiger partial charge in [0.25, 0.3) is 0 Å². The monoisotopic (exact) mass is 280 g/mol. The van der Waals surface area contributed by atoms with Crippen LogP contribution in [0.2, 0.25) is 0 Å². The molecule has 0 bridgehead atoms. The highest BCUT2D eigenvalue weighted by atomic mass is 16.3. The Kier molecular flexibility index (Phi) is 3.96. The molecule has 4 heteroatoms. The van der Waals surface area contributed by atoms with E-state index in [1.54, 1.807) is 18.5 Å². The largest absolute Gasteiger partial charge is 0.463 e. The van der Waals surface area contributed by atoms with E-state index in [-0.39, 0.29) is 0 Å². The summed E-state index contributed by atoms with van der Waals surface area (Å²) in [7, 11) is 0. The highest BCUT2D eigenvalue weighted by molar-refractivity contribution is 5.83. The van der Waals surface area contributed by atoms with Gasteiger partial charge >= 0.3 is 0 Å². The fourth-order valence-corrected chi connectivity index (χ4v) is 2.33. The van der Waals surface area contributed by atoms with Crippen LogP contribution in [0.3, 0.4) is 0 Å². The van der Waals surface area contributed by atoms with Gasteiger partial charge in [-0.1, -0.05) is 30.3 Å². The number of aryl methyl sites for hydroxylation is 2. The lowest BCUT2D eigenvalue weighted by Gasteiger charge is -2.02. The zero-order valence-corrected chi connectivity index (χ0v) is 11.6. The Balaban J connectivity index is 1.68. The molecule has 0 N–H and O–H groups in total. The number of benzene rings is 1. The lowest BCUT2D eigenvalue weighted by molar-refractivity contribution is 0.112. The SMILES string of the molecule is O=Cc1cn(CCCc2ccccc2)nc1-c1ccco1. The van der Waals surface area contributed by atoms with Crippen molar-refractivity contribution in [2.75, 3.05) is 0 Å². The lowest BCUT2D eigenvalue weighted by Crippen LogP contribution is -2.00. The summed E-state index contributed by atoms with van der Waals surface area (Å²) in [5.41, 5.74) is 2.48. The first-order valence-corrected chi connectivity index (χ1v) is 6.97. The molecule has 3 rings (SSSR count). The molecule has 0 fully saturated rings. The molecule has 0 radical (unpaired) electrons. The molecular weight excluding hydrogens is 264 g/mol. The van der Waals surface area contributed by atoms with Crippen molar-refractivity contribution in [3.05, 3.63) is 66.1 Å². The Hall–Kier alpha value is -2.62. The van der Waals surface area contributed by atoms with Gasteiger partial charge < -0.3 is 4.42 Å². The van der Waals surface area contributed by atoms with E-state index in [4.69, 9.17) is 4.42 Å². The van der Waals surface area contributed by atoms with Gasteiger partial charge in [0.2, 0.25) is 0 Å². The van der Waals surface area contributed by atoms with Crippen LogP contribution >= 0.6 is 0 Å². The van der Waals surface area contributed by atoms with Crippen molar-refractivity contribution < 1.29 is 9.21 Å². The van der Waals surface area contributed by atoms with Crippen molar-refractivity contribution >= 4 is 6.29 Å². The first-order chi connectivity index (χ1) is 10.4.